The van der Waals surface area contributed by atoms with Crippen molar-refractivity contribution in [2.75, 3.05) is 11.9 Å². The van der Waals surface area contributed by atoms with E-state index in [1.807, 2.05) is 48.1 Å². The SMILES string of the molecule is C=CC1C[C@]1(NC(=O)C1C[C@@H](OC(=O)Nc2cc(C)ccc2-n2cccc2)CN1C(=O)[C@@H](NC(=O)OC(C)(C)C)C(C)(C)C)C(=O)NS(=O)(=O)C1CC1. The van der Waals surface area contributed by atoms with Gasteiger partial charge in [-0.3, -0.25) is 24.4 Å². The number of carbonyl (C=O) groups excluding carboxylic acids is 5. The maximum Gasteiger partial charge on any atom is 0.412 e. The van der Waals surface area contributed by atoms with Crippen LogP contribution in [0.4, 0.5) is 15.3 Å². The topological polar surface area (TPSA) is 194 Å². The maximum atomic E-state index is 14.4. The Morgan fingerprint density at radius 3 is 2.25 bits per heavy atom. The van der Waals surface area contributed by atoms with E-state index in [0.29, 0.717) is 24.2 Å². The number of nitrogens with one attached hydrogen (secondary N) is 4. The monoisotopic (exact) mass is 754 g/mol. The molecule has 5 atom stereocenters. The van der Waals surface area contributed by atoms with Crippen molar-refractivity contribution in [1.29, 1.82) is 0 Å². The highest BCUT2D eigenvalue weighted by atomic mass is 32.2. The lowest BCUT2D eigenvalue weighted by Gasteiger charge is -2.36. The molecule has 16 heteroatoms. The van der Waals surface area contributed by atoms with Gasteiger partial charge in [0, 0.05) is 24.7 Å². The zero-order chi connectivity index (χ0) is 39.1. The second-order valence-electron chi connectivity index (χ2n) is 16.1. The van der Waals surface area contributed by atoms with E-state index in [-0.39, 0.29) is 19.4 Å². The molecule has 2 aliphatic carbocycles. The Bertz CT molecular complexity index is 1880. The first-order chi connectivity index (χ1) is 24.6. The lowest BCUT2D eigenvalue weighted by Crippen LogP contribution is -2.60. The molecule has 1 aromatic heterocycles. The van der Waals surface area contributed by atoms with E-state index in [0.717, 1.165) is 5.56 Å². The smallest absolute Gasteiger partial charge is 0.412 e. The summed E-state index contributed by atoms with van der Waals surface area (Å²) in [5.41, 5.74) is -1.29. The molecular formula is C37H50N6O9S. The Labute approximate surface area is 310 Å². The molecule has 2 unspecified atom stereocenters. The normalized spacial score (nSPS) is 23.3. The van der Waals surface area contributed by atoms with Crippen molar-refractivity contribution in [3.05, 3.63) is 60.9 Å². The fourth-order valence-electron chi connectivity index (χ4n) is 6.40. The van der Waals surface area contributed by atoms with E-state index < -0.39 is 85.8 Å². The van der Waals surface area contributed by atoms with Gasteiger partial charge in [0.05, 0.1) is 23.2 Å². The first kappa shape index (κ1) is 39.3. The van der Waals surface area contributed by atoms with Crippen LogP contribution in [-0.4, -0.2) is 88.9 Å². The van der Waals surface area contributed by atoms with Gasteiger partial charge in [0.25, 0.3) is 5.91 Å². The summed E-state index contributed by atoms with van der Waals surface area (Å²) in [6.07, 6.45) is 3.30. The molecule has 3 fully saturated rings. The van der Waals surface area contributed by atoms with Crippen LogP contribution in [0.5, 0.6) is 0 Å². The summed E-state index contributed by atoms with van der Waals surface area (Å²) >= 11 is 0. The number of likely N-dealkylation sites (tertiary alicyclic amines) is 1. The van der Waals surface area contributed by atoms with Crippen LogP contribution in [0.3, 0.4) is 0 Å². The second-order valence-corrected chi connectivity index (χ2v) is 18.1. The van der Waals surface area contributed by atoms with Crippen LogP contribution in [-0.2, 0) is 33.9 Å². The van der Waals surface area contributed by atoms with Crippen LogP contribution < -0.4 is 20.7 Å². The van der Waals surface area contributed by atoms with E-state index in [1.54, 1.807) is 47.6 Å². The summed E-state index contributed by atoms with van der Waals surface area (Å²) in [7, 11) is -3.93. The molecule has 15 nitrogen and oxygen atoms in total. The van der Waals surface area contributed by atoms with Gasteiger partial charge in [0.15, 0.2) is 0 Å². The number of anilines is 1. The minimum Gasteiger partial charge on any atom is -0.444 e. The first-order valence-electron chi connectivity index (χ1n) is 17.7. The number of ether oxygens (including phenoxy) is 2. The fraction of sp³-hybridized carbons (Fsp3) is 0.541. The number of aromatic nitrogens is 1. The van der Waals surface area contributed by atoms with Gasteiger partial charge in [-0.05, 0) is 82.2 Å². The molecule has 0 spiro atoms. The summed E-state index contributed by atoms with van der Waals surface area (Å²) in [6.45, 7) is 15.7. The van der Waals surface area contributed by atoms with Gasteiger partial charge in [0.2, 0.25) is 21.8 Å². The van der Waals surface area contributed by atoms with Crippen LogP contribution in [0.1, 0.15) is 72.8 Å². The number of nitrogens with zero attached hydrogens (tertiary/aromatic N) is 2. The Balaban J connectivity index is 1.40. The Morgan fingerprint density at radius 1 is 1.02 bits per heavy atom. The highest BCUT2D eigenvalue weighted by Gasteiger charge is 2.62. The quantitative estimate of drug-likeness (QED) is 0.246. The first-order valence-corrected chi connectivity index (χ1v) is 19.2. The summed E-state index contributed by atoms with van der Waals surface area (Å²) in [6, 6.07) is 6.78. The zero-order valence-electron chi connectivity index (χ0n) is 31.2. The highest BCUT2D eigenvalue weighted by Crippen LogP contribution is 2.45. The Morgan fingerprint density at radius 2 is 1.68 bits per heavy atom. The molecule has 5 rings (SSSR count). The van der Waals surface area contributed by atoms with Crippen molar-refractivity contribution in [1.82, 2.24) is 24.8 Å². The second kappa shape index (κ2) is 14.5. The van der Waals surface area contributed by atoms with E-state index in [1.165, 1.54) is 11.0 Å². The molecule has 1 aliphatic heterocycles. The van der Waals surface area contributed by atoms with E-state index in [9.17, 15) is 32.4 Å². The summed E-state index contributed by atoms with van der Waals surface area (Å²) in [5.74, 6) is -2.85. The third kappa shape index (κ3) is 9.21. The Kier molecular flexibility index (Phi) is 10.8. The summed E-state index contributed by atoms with van der Waals surface area (Å²) in [4.78, 5) is 69.5. The van der Waals surface area contributed by atoms with Crippen LogP contribution >= 0.6 is 0 Å². The van der Waals surface area contributed by atoms with Gasteiger partial charge in [-0.1, -0.05) is 32.9 Å². The molecule has 2 aromatic rings. The van der Waals surface area contributed by atoms with Gasteiger partial charge in [-0.15, -0.1) is 6.58 Å². The van der Waals surface area contributed by atoms with Gasteiger partial charge in [-0.2, -0.15) is 0 Å². The number of alkyl carbamates (subject to hydrolysis) is 1. The zero-order valence-corrected chi connectivity index (χ0v) is 32.0. The van der Waals surface area contributed by atoms with Crippen molar-refractivity contribution in [2.24, 2.45) is 11.3 Å². The largest absolute Gasteiger partial charge is 0.444 e. The number of hydrogen-bond acceptors (Lipinski definition) is 9. The van der Waals surface area contributed by atoms with E-state index in [4.69, 9.17) is 9.47 Å². The number of rotatable bonds is 11. The van der Waals surface area contributed by atoms with Gasteiger partial charge < -0.3 is 29.6 Å². The average molecular weight is 755 g/mol. The molecule has 2 heterocycles. The number of carbonyl (C=O) groups is 5. The fourth-order valence-corrected chi connectivity index (χ4v) is 7.76. The number of amides is 5. The van der Waals surface area contributed by atoms with E-state index in [2.05, 4.69) is 27.3 Å². The van der Waals surface area contributed by atoms with Crippen molar-refractivity contribution in [3.63, 3.8) is 0 Å². The number of sulfonamides is 1. The molecular weight excluding hydrogens is 705 g/mol. The molecule has 0 bridgehead atoms. The third-order valence-electron chi connectivity index (χ3n) is 9.42. The van der Waals surface area contributed by atoms with Gasteiger partial charge in [-0.25, -0.2) is 18.0 Å². The third-order valence-corrected chi connectivity index (χ3v) is 11.2. The van der Waals surface area contributed by atoms with Crippen molar-refractivity contribution in [3.8, 4) is 5.69 Å². The van der Waals surface area contributed by atoms with Crippen LogP contribution in [0.15, 0.2) is 55.4 Å². The summed E-state index contributed by atoms with van der Waals surface area (Å²) < 4.78 is 40.5. The average Bonchev–Trinajstić information content (AvgIpc) is 3.91. The molecule has 5 amide bonds. The number of aryl methyl sites for hydroxylation is 1. The van der Waals surface area contributed by atoms with Gasteiger partial charge in [0.1, 0.15) is 29.3 Å². The predicted octanol–water partition coefficient (Wildman–Crippen LogP) is 3.91. The molecule has 1 aromatic carbocycles. The standard InChI is InChI=1S/C37H50N6O9S/c1-9-23-20-37(23,32(46)41-53(49,50)25-13-14-25)40-30(44)28-19-24(21-43(28)31(45)29(35(3,4)5)39-34(48)52-36(6,7)8)51-33(47)38-26-18-22(2)12-15-27(26)42-16-10-11-17-42/h9-12,15-18,23-25,28-29H,1,13-14,19-21H2,2-8H3,(H,38,47)(H,39,48)(H,40,44)(H,41,46)/t23?,24-,28?,29-,37-/m1/s1. The molecule has 3 aliphatic rings. The molecule has 2 saturated carbocycles. The van der Waals surface area contributed by atoms with Crippen LogP contribution in [0, 0.1) is 18.3 Å². The van der Waals surface area contributed by atoms with Gasteiger partial charge >= 0.3 is 12.2 Å². The van der Waals surface area contributed by atoms with Crippen LogP contribution in [0.2, 0.25) is 0 Å². The van der Waals surface area contributed by atoms with E-state index >= 15 is 0 Å². The number of hydrogen-bond donors (Lipinski definition) is 4. The predicted molar refractivity (Wildman–Crippen MR) is 196 cm³/mol. The van der Waals surface area contributed by atoms with Crippen molar-refractivity contribution < 1.29 is 41.9 Å². The summed E-state index contributed by atoms with van der Waals surface area (Å²) in [5, 5.41) is 7.48. The minimum absolute atomic E-state index is 0.0995. The van der Waals surface area contributed by atoms with Crippen molar-refractivity contribution in [2.45, 2.75) is 109 Å². The van der Waals surface area contributed by atoms with Crippen LogP contribution in [0.25, 0.3) is 5.69 Å². The Hall–Kier alpha value is -4.86. The molecule has 1 saturated heterocycles. The lowest BCUT2D eigenvalue weighted by molar-refractivity contribution is -0.143. The maximum absolute atomic E-state index is 14.4. The molecule has 53 heavy (non-hydrogen) atoms. The highest BCUT2D eigenvalue weighted by molar-refractivity contribution is 7.91. The lowest BCUT2D eigenvalue weighted by atomic mass is 9.85. The number of benzene rings is 1. The van der Waals surface area contributed by atoms with Crippen molar-refractivity contribution >= 4 is 45.6 Å². The molecule has 288 valence electrons. The minimum atomic E-state index is -3.93. The molecule has 0 radical (unpaired) electrons. The molecule has 4 N–H and O–H groups in total.